The molecular weight excluding hydrogens is 146 g/mol. The Balaban J connectivity index is 2.45. The number of halogens is 1. The van der Waals surface area contributed by atoms with Gasteiger partial charge in [0.25, 0.3) is 0 Å². The van der Waals surface area contributed by atoms with Crippen molar-refractivity contribution in [1.82, 2.24) is 5.48 Å². The Morgan fingerprint density at radius 3 is 3.00 bits per heavy atom. The maximum absolute atomic E-state index is 4.60. The van der Waals surface area contributed by atoms with Crippen molar-refractivity contribution < 1.29 is 4.84 Å². The lowest BCUT2D eigenvalue weighted by Crippen LogP contribution is -2.03. The average molecular weight is 150 g/mol. The summed E-state index contributed by atoms with van der Waals surface area (Å²) in [5, 5.41) is 0. The SMILES string of the molecule is BrC1=CONC1. The maximum atomic E-state index is 4.60. The van der Waals surface area contributed by atoms with E-state index in [-0.39, 0.29) is 0 Å². The molecule has 0 saturated carbocycles. The van der Waals surface area contributed by atoms with Crippen LogP contribution in [0.15, 0.2) is 10.7 Å². The van der Waals surface area contributed by atoms with E-state index in [1.165, 1.54) is 0 Å². The second-order valence-electron chi connectivity index (χ2n) is 1.00. The number of hydrogen-bond acceptors (Lipinski definition) is 2. The fourth-order valence-corrected chi connectivity index (χ4v) is 0.466. The highest BCUT2D eigenvalue weighted by Crippen LogP contribution is 2.05. The summed E-state index contributed by atoms with van der Waals surface area (Å²) in [6.07, 6.45) is 1.62. The van der Waals surface area contributed by atoms with Gasteiger partial charge in [-0.25, -0.2) is 0 Å². The second-order valence-corrected chi connectivity index (χ2v) is 2.02. The van der Waals surface area contributed by atoms with Gasteiger partial charge >= 0.3 is 0 Å². The molecule has 0 spiro atoms. The smallest absolute Gasteiger partial charge is 0.122 e. The van der Waals surface area contributed by atoms with E-state index in [2.05, 4.69) is 26.2 Å². The third kappa shape index (κ3) is 0.725. The molecule has 0 aliphatic carbocycles. The maximum Gasteiger partial charge on any atom is 0.122 e. The van der Waals surface area contributed by atoms with Crippen molar-refractivity contribution in [1.29, 1.82) is 0 Å². The predicted molar refractivity (Wildman–Crippen MR) is 26.1 cm³/mol. The van der Waals surface area contributed by atoms with Gasteiger partial charge in [-0.05, 0) is 0 Å². The van der Waals surface area contributed by atoms with Crippen molar-refractivity contribution in [2.45, 2.75) is 0 Å². The van der Waals surface area contributed by atoms with Gasteiger partial charge in [0.2, 0.25) is 0 Å². The van der Waals surface area contributed by atoms with Crippen LogP contribution in [-0.4, -0.2) is 6.54 Å². The molecule has 0 aromatic rings. The molecule has 0 bridgehead atoms. The summed E-state index contributed by atoms with van der Waals surface area (Å²) in [6, 6.07) is 0. The Bertz CT molecular complexity index is 80.9. The van der Waals surface area contributed by atoms with Gasteiger partial charge in [-0.15, -0.1) is 0 Å². The minimum Gasteiger partial charge on any atom is -0.415 e. The molecule has 0 saturated heterocycles. The lowest BCUT2D eigenvalue weighted by atomic mass is 10.7. The normalized spacial score (nSPS) is 19.8. The van der Waals surface area contributed by atoms with Crippen molar-refractivity contribution in [3.8, 4) is 0 Å². The zero-order valence-corrected chi connectivity index (χ0v) is 4.66. The second kappa shape index (κ2) is 1.62. The van der Waals surface area contributed by atoms with Crippen LogP contribution in [0.3, 0.4) is 0 Å². The molecule has 2 nitrogen and oxygen atoms in total. The molecule has 0 fully saturated rings. The molecule has 0 aromatic carbocycles. The summed E-state index contributed by atoms with van der Waals surface area (Å²) in [5.74, 6) is 0. The zero-order valence-electron chi connectivity index (χ0n) is 3.07. The minimum absolute atomic E-state index is 0.792. The van der Waals surface area contributed by atoms with Crippen molar-refractivity contribution in [3.63, 3.8) is 0 Å². The first-order valence-electron chi connectivity index (χ1n) is 1.62. The molecule has 1 aliphatic rings. The third-order valence-corrected chi connectivity index (χ3v) is 0.978. The first-order chi connectivity index (χ1) is 2.89. The van der Waals surface area contributed by atoms with E-state index >= 15 is 0 Å². The summed E-state index contributed by atoms with van der Waals surface area (Å²) in [6.45, 7) is 0.792. The summed E-state index contributed by atoms with van der Waals surface area (Å²) in [5.41, 5.74) is 2.63. The van der Waals surface area contributed by atoms with E-state index in [9.17, 15) is 0 Å². The quantitative estimate of drug-likeness (QED) is 0.550. The van der Waals surface area contributed by atoms with Crippen LogP contribution in [-0.2, 0) is 4.84 Å². The van der Waals surface area contributed by atoms with Gasteiger partial charge in [0.05, 0.1) is 6.54 Å². The first kappa shape index (κ1) is 4.15. The lowest BCUT2D eigenvalue weighted by Gasteiger charge is -1.83. The van der Waals surface area contributed by atoms with Crippen LogP contribution < -0.4 is 5.48 Å². The van der Waals surface area contributed by atoms with Gasteiger partial charge in [-0.2, -0.15) is 5.48 Å². The van der Waals surface area contributed by atoms with Gasteiger partial charge in [-0.3, -0.25) is 0 Å². The van der Waals surface area contributed by atoms with Gasteiger partial charge in [0, 0.05) is 4.48 Å². The lowest BCUT2D eigenvalue weighted by molar-refractivity contribution is 0.168. The highest BCUT2D eigenvalue weighted by atomic mass is 79.9. The van der Waals surface area contributed by atoms with Crippen LogP contribution in [0.1, 0.15) is 0 Å². The van der Waals surface area contributed by atoms with Gasteiger partial charge in [-0.1, -0.05) is 15.9 Å². The number of hydrogen-bond donors (Lipinski definition) is 1. The number of nitrogens with one attached hydrogen (secondary N) is 1. The standard InChI is InChI=1S/C3H4BrNO/c4-3-1-5-6-2-3/h2,5H,1H2. The predicted octanol–water partition coefficient (Wildman–Crippen LogP) is 0.757. The fraction of sp³-hybridized carbons (Fsp3) is 0.333. The Hall–Kier alpha value is -0.0200. The van der Waals surface area contributed by atoms with Crippen molar-refractivity contribution >= 4 is 15.9 Å². The molecule has 1 heterocycles. The van der Waals surface area contributed by atoms with E-state index in [1.807, 2.05) is 0 Å². The molecule has 1 N–H and O–H groups in total. The van der Waals surface area contributed by atoms with E-state index in [1.54, 1.807) is 6.26 Å². The van der Waals surface area contributed by atoms with E-state index in [0.717, 1.165) is 11.0 Å². The van der Waals surface area contributed by atoms with Crippen molar-refractivity contribution in [2.75, 3.05) is 6.54 Å². The highest BCUT2D eigenvalue weighted by molar-refractivity contribution is 9.11. The molecule has 0 amide bonds. The molecule has 1 rings (SSSR count). The summed E-state index contributed by atoms with van der Waals surface area (Å²) < 4.78 is 1.06. The zero-order chi connectivity index (χ0) is 4.41. The molecule has 34 valence electrons. The van der Waals surface area contributed by atoms with Gasteiger partial charge in [0.15, 0.2) is 0 Å². The molecular formula is C3H4BrNO. The van der Waals surface area contributed by atoms with Crippen molar-refractivity contribution in [2.24, 2.45) is 0 Å². The van der Waals surface area contributed by atoms with Crippen LogP contribution in [0.4, 0.5) is 0 Å². The molecule has 0 atom stereocenters. The first-order valence-corrected chi connectivity index (χ1v) is 2.42. The van der Waals surface area contributed by atoms with Crippen LogP contribution in [0, 0.1) is 0 Å². The van der Waals surface area contributed by atoms with Crippen LogP contribution in [0.2, 0.25) is 0 Å². The Labute approximate surface area is 44.3 Å². The Morgan fingerprint density at radius 1 is 2.00 bits per heavy atom. The topological polar surface area (TPSA) is 21.3 Å². The molecule has 0 unspecified atom stereocenters. The van der Waals surface area contributed by atoms with E-state index in [0.29, 0.717) is 0 Å². The van der Waals surface area contributed by atoms with Gasteiger partial charge in [0.1, 0.15) is 6.26 Å². The molecule has 1 aliphatic heterocycles. The van der Waals surface area contributed by atoms with Crippen LogP contribution in [0.5, 0.6) is 0 Å². The average Bonchev–Trinajstić information content (AvgIpc) is 1.86. The molecule has 3 heteroatoms. The van der Waals surface area contributed by atoms with E-state index in [4.69, 9.17) is 0 Å². The molecule has 0 aromatic heterocycles. The minimum atomic E-state index is 0.792. The van der Waals surface area contributed by atoms with Gasteiger partial charge < -0.3 is 4.84 Å². The highest BCUT2D eigenvalue weighted by Gasteiger charge is 1.96. The van der Waals surface area contributed by atoms with Crippen LogP contribution >= 0.6 is 15.9 Å². The summed E-state index contributed by atoms with van der Waals surface area (Å²) in [7, 11) is 0. The Morgan fingerprint density at radius 2 is 2.83 bits per heavy atom. The molecule has 6 heavy (non-hydrogen) atoms. The van der Waals surface area contributed by atoms with Crippen LogP contribution in [0.25, 0.3) is 0 Å². The third-order valence-electron chi connectivity index (χ3n) is 0.511. The van der Waals surface area contributed by atoms with Crippen molar-refractivity contribution in [3.05, 3.63) is 10.7 Å². The van der Waals surface area contributed by atoms with E-state index < -0.39 is 0 Å². The summed E-state index contributed by atoms with van der Waals surface area (Å²) >= 11 is 3.21. The number of hydroxylamine groups is 1. The monoisotopic (exact) mass is 149 g/mol. The number of rotatable bonds is 0. The molecule has 0 radical (unpaired) electrons. The fourth-order valence-electron chi connectivity index (χ4n) is 0.258. The Kier molecular flexibility index (Phi) is 1.12. The summed E-state index contributed by atoms with van der Waals surface area (Å²) in [4.78, 5) is 4.60. The largest absolute Gasteiger partial charge is 0.415 e.